The molecule has 72 valence electrons. The van der Waals surface area contributed by atoms with Gasteiger partial charge in [-0.25, -0.2) is 9.97 Å². The molecule has 1 aromatic heterocycles. The largest absolute Gasteiger partial charge is 0.451 e. The van der Waals surface area contributed by atoms with Crippen LogP contribution in [-0.4, -0.2) is 17.0 Å². The number of nitrogens with one attached hydrogen (secondary N) is 1. The molecule has 1 heterocycles. The van der Waals surface area contributed by atoms with Crippen LogP contribution in [0.3, 0.4) is 0 Å². The van der Waals surface area contributed by atoms with Gasteiger partial charge in [-0.1, -0.05) is 0 Å². The molecule has 0 atom stereocenters. The summed E-state index contributed by atoms with van der Waals surface area (Å²) in [6.45, 7) is 1.48. The number of aryl methyl sites for hydroxylation is 1. The van der Waals surface area contributed by atoms with Crippen molar-refractivity contribution in [1.82, 2.24) is 9.97 Å². The van der Waals surface area contributed by atoms with Gasteiger partial charge in [0.05, 0.1) is 0 Å². The second-order valence-corrected chi connectivity index (χ2v) is 2.47. The first-order valence-corrected chi connectivity index (χ1v) is 3.54. The number of hydrogen-bond acceptors (Lipinski definition) is 3. The Hall–Kier alpha value is -1.33. The van der Waals surface area contributed by atoms with Crippen LogP contribution in [0.25, 0.3) is 0 Å². The monoisotopic (exact) mass is 191 g/mol. The number of hydrogen-bond donors (Lipinski definition) is 1. The molecule has 0 spiro atoms. The fourth-order valence-electron chi connectivity index (χ4n) is 0.823. The molecule has 1 N–H and O–H groups in total. The Balaban J connectivity index is 3.16. The van der Waals surface area contributed by atoms with Gasteiger partial charge in [0, 0.05) is 18.8 Å². The van der Waals surface area contributed by atoms with Gasteiger partial charge in [-0.2, -0.15) is 13.2 Å². The van der Waals surface area contributed by atoms with E-state index in [9.17, 15) is 13.2 Å². The van der Waals surface area contributed by atoms with Crippen LogP contribution in [0, 0.1) is 6.92 Å². The van der Waals surface area contributed by atoms with E-state index in [1.54, 1.807) is 0 Å². The minimum atomic E-state index is -4.49. The summed E-state index contributed by atoms with van der Waals surface area (Å²) in [4.78, 5) is 6.55. The van der Waals surface area contributed by atoms with Crippen LogP contribution in [0.15, 0.2) is 6.07 Å². The zero-order valence-corrected chi connectivity index (χ0v) is 7.11. The van der Waals surface area contributed by atoms with Crippen LogP contribution >= 0.6 is 0 Å². The Bertz CT molecular complexity index is 308. The van der Waals surface area contributed by atoms with Gasteiger partial charge in [0.25, 0.3) is 0 Å². The zero-order valence-electron chi connectivity index (χ0n) is 7.11. The van der Waals surface area contributed by atoms with Crippen molar-refractivity contribution >= 4 is 5.82 Å². The molecule has 0 amide bonds. The Kier molecular flexibility index (Phi) is 2.40. The Morgan fingerprint density at radius 1 is 1.31 bits per heavy atom. The summed E-state index contributed by atoms with van der Waals surface area (Å²) in [6.07, 6.45) is -4.49. The van der Waals surface area contributed by atoms with E-state index in [0.29, 0.717) is 0 Å². The molecule has 1 rings (SSSR count). The molecular formula is C7H8F3N3. The van der Waals surface area contributed by atoms with E-state index in [-0.39, 0.29) is 11.5 Å². The third-order valence-electron chi connectivity index (χ3n) is 1.36. The van der Waals surface area contributed by atoms with Gasteiger partial charge in [0.2, 0.25) is 5.82 Å². The predicted molar refractivity (Wildman–Crippen MR) is 41.3 cm³/mol. The summed E-state index contributed by atoms with van der Waals surface area (Å²) in [5.41, 5.74) is 0.284. The highest BCUT2D eigenvalue weighted by molar-refractivity contribution is 5.35. The molecule has 3 nitrogen and oxygen atoms in total. The molecular weight excluding hydrogens is 183 g/mol. The first-order valence-electron chi connectivity index (χ1n) is 3.54. The lowest BCUT2D eigenvalue weighted by Gasteiger charge is -2.07. The van der Waals surface area contributed by atoms with Crippen LogP contribution in [-0.2, 0) is 6.18 Å². The van der Waals surface area contributed by atoms with Gasteiger partial charge in [0.15, 0.2) is 0 Å². The quantitative estimate of drug-likeness (QED) is 0.736. The van der Waals surface area contributed by atoms with Gasteiger partial charge in [-0.05, 0) is 6.92 Å². The van der Waals surface area contributed by atoms with Crippen molar-refractivity contribution in [3.8, 4) is 0 Å². The van der Waals surface area contributed by atoms with E-state index in [2.05, 4.69) is 15.3 Å². The number of halogens is 3. The molecule has 1 aromatic rings. The lowest BCUT2D eigenvalue weighted by Crippen LogP contribution is -2.13. The normalized spacial score (nSPS) is 11.5. The van der Waals surface area contributed by atoms with E-state index >= 15 is 0 Å². The van der Waals surface area contributed by atoms with Crippen molar-refractivity contribution in [2.75, 3.05) is 12.4 Å². The molecule has 0 aliphatic heterocycles. The summed E-state index contributed by atoms with van der Waals surface area (Å²) in [5, 5.41) is 2.53. The molecule has 0 fully saturated rings. The van der Waals surface area contributed by atoms with E-state index < -0.39 is 12.0 Å². The smallest absolute Gasteiger partial charge is 0.373 e. The Morgan fingerprint density at radius 2 is 1.92 bits per heavy atom. The van der Waals surface area contributed by atoms with Gasteiger partial charge in [-0.3, -0.25) is 0 Å². The minimum Gasteiger partial charge on any atom is -0.373 e. The highest BCUT2D eigenvalue weighted by Gasteiger charge is 2.35. The topological polar surface area (TPSA) is 37.8 Å². The van der Waals surface area contributed by atoms with Crippen molar-refractivity contribution in [2.45, 2.75) is 13.1 Å². The van der Waals surface area contributed by atoms with Crippen LogP contribution in [0.4, 0.5) is 19.0 Å². The maximum atomic E-state index is 12.1. The van der Waals surface area contributed by atoms with Gasteiger partial charge >= 0.3 is 6.18 Å². The number of nitrogens with zero attached hydrogens (tertiary/aromatic N) is 2. The Labute approximate surface area is 73.0 Å². The number of anilines is 1. The number of rotatable bonds is 1. The molecule has 0 saturated heterocycles. The van der Waals surface area contributed by atoms with E-state index in [0.717, 1.165) is 0 Å². The van der Waals surface area contributed by atoms with E-state index in [1.807, 2.05) is 0 Å². The standard InChI is InChI=1S/C7H8F3N3/c1-4-3-5(11-2)13-6(12-4)7(8,9)10/h3H,1-2H3,(H,11,12,13). The fraction of sp³-hybridized carbons (Fsp3) is 0.429. The van der Waals surface area contributed by atoms with Gasteiger partial charge in [0.1, 0.15) is 5.82 Å². The molecule has 0 radical (unpaired) electrons. The molecule has 0 saturated carbocycles. The maximum Gasteiger partial charge on any atom is 0.451 e. The van der Waals surface area contributed by atoms with Crippen LogP contribution < -0.4 is 5.32 Å². The van der Waals surface area contributed by atoms with Crippen LogP contribution in [0.5, 0.6) is 0 Å². The summed E-state index contributed by atoms with van der Waals surface area (Å²) in [7, 11) is 1.50. The molecule has 0 bridgehead atoms. The summed E-state index contributed by atoms with van der Waals surface area (Å²) < 4.78 is 36.4. The van der Waals surface area contributed by atoms with E-state index in [1.165, 1.54) is 20.0 Å². The molecule has 13 heavy (non-hydrogen) atoms. The predicted octanol–water partition coefficient (Wildman–Crippen LogP) is 1.85. The lowest BCUT2D eigenvalue weighted by molar-refractivity contribution is -0.145. The lowest BCUT2D eigenvalue weighted by atomic mass is 10.4. The Morgan fingerprint density at radius 3 is 2.38 bits per heavy atom. The summed E-state index contributed by atoms with van der Waals surface area (Å²) >= 11 is 0. The average Bonchev–Trinajstić information content (AvgIpc) is 2.01. The third-order valence-corrected chi connectivity index (χ3v) is 1.36. The molecule has 6 heteroatoms. The van der Waals surface area contributed by atoms with E-state index in [4.69, 9.17) is 0 Å². The zero-order chi connectivity index (χ0) is 10.1. The van der Waals surface area contributed by atoms with Crippen molar-refractivity contribution in [1.29, 1.82) is 0 Å². The SMILES string of the molecule is CNc1cc(C)nc(C(F)(F)F)n1. The number of alkyl halides is 3. The average molecular weight is 191 g/mol. The highest BCUT2D eigenvalue weighted by Crippen LogP contribution is 2.26. The van der Waals surface area contributed by atoms with Crippen molar-refractivity contribution in [2.24, 2.45) is 0 Å². The molecule has 0 aliphatic rings. The van der Waals surface area contributed by atoms with Crippen molar-refractivity contribution < 1.29 is 13.2 Å². The maximum absolute atomic E-state index is 12.1. The number of aromatic nitrogens is 2. The van der Waals surface area contributed by atoms with Gasteiger partial charge < -0.3 is 5.32 Å². The fourth-order valence-corrected chi connectivity index (χ4v) is 0.823. The first-order chi connectivity index (χ1) is 5.93. The van der Waals surface area contributed by atoms with Crippen molar-refractivity contribution in [3.05, 3.63) is 17.6 Å². The first kappa shape index (κ1) is 9.76. The highest BCUT2D eigenvalue weighted by atomic mass is 19.4. The summed E-state index contributed by atoms with van der Waals surface area (Å²) in [5.74, 6) is -0.948. The second-order valence-electron chi connectivity index (χ2n) is 2.47. The van der Waals surface area contributed by atoms with Crippen molar-refractivity contribution in [3.63, 3.8) is 0 Å². The third kappa shape index (κ3) is 2.30. The van der Waals surface area contributed by atoms with Crippen LogP contribution in [0.2, 0.25) is 0 Å². The minimum absolute atomic E-state index is 0.167. The van der Waals surface area contributed by atoms with Crippen LogP contribution in [0.1, 0.15) is 11.5 Å². The molecule has 0 unspecified atom stereocenters. The molecule has 0 aromatic carbocycles. The summed E-state index contributed by atoms with van der Waals surface area (Å²) in [6, 6.07) is 1.44. The van der Waals surface area contributed by atoms with Gasteiger partial charge in [-0.15, -0.1) is 0 Å². The molecule has 0 aliphatic carbocycles. The second kappa shape index (κ2) is 3.20.